The van der Waals surface area contributed by atoms with Crippen LogP contribution in [-0.4, -0.2) is 35.4 Å². The largest absolute Gasteiger partial charge is 0.297 e. The van der Waals surface area contributed by atoms with Crippen LogP contribution in [-0.2, 0) is 4.79 Å². The number of hydrogen-bond acceptors (Lipinski definition) is 3. The van der Waals surface area contributed by atoms with Gasteiger partial charge in [-0.2, -0.15) is 0 Å². The van der Waals surface area contributed by atoms with Crippen LogP contribution in [0.3, 0.4) is 0 Å². The summed E-state index contributed by atoms with van der Waals surface area (Å²) in [6, 6.07) is 0. The molecule has 0 aliphatic carbocycles. The van der Waals surface area contributed by atoms with Crippen LogP contribution in [0.1, 0.15) is 6.92 Å². The van der Waals surface area contributed by atoms with Crippen molar-refractivity contribution in [2.75, 3.05) is 19.3 Å². The Kier molecular flexibility index (Phi) is 2.13. The molecule has 0 spiro atoms. The lowest BCUT2D eigenvalue weighted by Gasteiger charge is -2.13. The molecular weight excluding hydrogens is 134 g/mol. The second-order valence-corrected chi connectivity index (χ2v) is 3.50. The quantitative estimate of drug-likeness (QED) is 0.538. The van der Waals surface area contributed by atoms with Gasteiger partial charge in [0, 0.05) is 12.3 Å². The minimum atomic E-state index is 0.144. The van der Waals surface area contributed by atoms with Crippen molar-refractivity contribution >= 4 is 17.5 Å². The van der Waals surface area contributed by atoms with Gasteiger partial charge in [-0.15, -0.1) is 11.8 Å². The third-order valence-electron chi connectivity index (χ3n) is 1.47. The lowest BCUT2D eigenvalue weighted by atomic mass is 10.4. The Morgan fingerprint density at radius 2 is 2.44 bits per heavy atom. The van der Waals surface area contributed by atoms with Crippen molar-refractivity contribution in [3.63, 3.8) is 0 Å². The maximum atomic E-state index is 10.8. The molecule has 0 aromatic carbocycles. The third-order valence-corrected chi connectivity index (χ3v) is 2.89. The van der Waals surface area contributed by atoms with Crippen LogP contribution in [0.5, 0.6) is 0 Å². The van der Waals surface area contributed by atoms with Gasteiger partial charge in [-0.05, 0) is 14.0 Å². The van der Waals surface area contributed by atoms with Crippen LogP contribution in [0.25, 0.3) is 0 Å². The van der Waals surface area contributed by atoms with Crippen LogP contribution < -0.4 is 0 Å². The second kappa shape index (κ2) is 2.71. The first kappa shape index (κ1) is 7.09. The summed E-state index contributed by atoms with van der Waals surface area (Å²) in [7, 11) is 1.99. The predicted molar refractivity (Wildman–Crippen MR) is 39.6 cm³/mol. The molecule has 1 aliphatic heterocycles. The summed E-state index contributed by atoms with van der Waals surface area (Å²) in [4.78, 5) is 12.9. The van der Waals surface area contributed by atoms with E-state index in [1.807, 2.05) is 7.05 Å². The van der Waals surface area contributed by atoms with Gasteiger partial charge in [0.15, 0.2) is 5.78 Å². The first-order valence-electron chi connectivity index (χ1n) is 3.04. The number of hydrogen-bond donors (Lipinski definition) is 0. The molecule has 1 rings (SSSR count). The molecular formula is C6H11NOS. The van der Waals surface area contributed by atoms with E-state index >= 15 is 0 Å². The van der Waals surface area contributed by atoms with Crippen LogP contribution in [0.15, 0.2) is 0 Å². The molecule has 0 N–H and O–H groups in total. The lowest BCUT2D eigenvalue weighted by Crippen LogP contribution is -2.29. The Morgan fingerprint density at radius 1 is 1.78 bits per heavy atom. The number of thioether (sulfide) groups is 1. The molecule has 1 aliphatic rings. The summed E-state index contributed by atoms with van der Waals surface area (Å²) in [6.07, 6.45) is 0. The molecule has 0 aromatic heterocycles. The molecule has 1 heterocycles. The molecule has 1 atom stereocenters. The van der Waals surface area contributed by atoms with Crippen molar-refractivity contribution in [3.8, 4) is 0 Å². The van der Waals surface area contributed by atoms with Gasteiger partial charge < -0.3 is 0 Å². The molecule has 3 heteroatoms. The maximum absolute atomic E-state index is 10.8. The van der Waals surface area contributed by atoms with E-state index in [0.29, 0.717) is 0 Å². The van der Waals surface area contributed by atoms with Crippen molar-refractivity contribution in [3.05, 3.63) is 0 Å². The fraction of sp³-hybridized carbons (Fsp3) is 0.833. The van der Waals surface area contributed by atoms with E-state index in [2.05, 4.69) is 4.90 Å². The molecule has 0 saturated carbocycles. The summed E-state index contributed by atoms with van der Waals surface area (Å²) < 4.78 is 0. The van der Waals surface area contributed by atoms with Crippen LogP contribution in [0.2, 0.25) is 0 Å². The molecule has 0 radical (unpaired) electrons. The highest BCUT2D eigenvalue weighted by Crippen LogP contribution is 2.21. The fourth-order valence-electron chi connectivity index (χ4n) is 0.981. The molecule has 52 valence electrons. The highest BCUT2D eigenvalue weighted by Gasteiger charge is 2.24. The Balaban J connectivity index is 2.49. The van der Waals surface area contributed by atoms with E-state index in [9.17, 15) is 4.79 Å². The van der Waals surface area contributed by atoms with Gasteiger partial charge in [0.05, 0.1) is 0 Å². The molecule has 0 bridgehead atoms. The van der Waals surface area contributed by atoms with Gasteiger partial charge >= 0.3 is 0 Å². The van der Waals surface area contributed by atoms with Crippen molar-refractivity contribution in [1.82, 2.24) is 4.90 Å². The summed E-state index contributed by atoms with van der Waals surface area (Å²) in [6.45, 7) is 2.70. The molecule has 1 fully saturated rings. The van der Waals surface area contributed by atoms with E-state index in [-0.39, 0.29) is 11.2 Å². The van der Waals surface area contributed by atoms with Crippen LogP contribution >= 0.6 is 11.8 Å². The van der Waals surface area contributed by atoms with E-state index in [0.717, 1.165) is 12.3 Å². The highest BCUT2D eigenvalue weighted by molar-refractivity contribution is 8.00. The molecule has 0 aromatic rings. The summed E-state index contributed by atoms with van der Waals surface area (Å²) in [5, 5.41) is 0.144. The monoisotopic (exact) mass is 145 g/mol. The van der Waals surface area contributed by atoms with Crippen molar-refractivity contribution < 1.29 is 4.79 Å². The van der Waals surface area contributed by atoms with E-state index in [4.69, 9.17) is 0 Å². The van der Waals surface area contributed by atoms with E-state index in [1.54, 1.807) is 18.7 Å². The Bertz CT molecular complexity index is 126. The average molecular weight is 145 g/mol. The zero-order chi connectivity index (χ0) is 6.85. The number of ketones is 1. The van der Waals surface area contributed by atoms with Crippen molar-refractivity contribution in [2.45, 2.75) is 12.3 Å². The van der Waals surface area contributed by atoms with E-state index in [1.165, 1.54) is 0 Å². The number of likely N-dealkylation sites (N-methyl/N-ethyl adjacent to an activating group) is 1. The first-order valence-corrected chi connectivity index (χ1v) is 4.09. The number of carbonyl (C=O) groups is 1. The number of rotatable bonds is 1. The summed E-state index contributed by atoms with van der Waals surface area (Å²) in [5.74, 6) is 1.38. The molecule has 1 unspecified atom stereocenters. The minimum Gasteiger partial charge on any atom is -0.297 e. The lowest BCUT2D eigenvalue weighted by molar-refractivity contribution is -0.118. The number of nitrogens with zero attached hydrogens (tertiary/aromatic N) is 1. The van der Waals surface area contributed by atoms with Crippen LogP contribution in [0, 0.1) is 0 Å². The normalized spacial score (nSPS) is 28.9. The smallest absolute Gasteiger partial charge is 0.157 e. The average Bonchev–Trinajstić information content (AvgIpc) is 2.13. The SMILES string of the molecule is CC(=O)C1SCCN1C. The minimum absolute atomic E-state index is 0.144. The Labute approximate surface area is 59.6 Å². The van der Waals surface area contributed by atoms with Crippen LogP contribution in [0.4, 0.5) is 0 Å². The summed E-state index contributed by atoms with van der Waals surface area (Å²) >= 11 is 1.73. The third kappa shape index (κ3) is 1.46. The van der Waals surface area contributed by atoms with Crippen molar-refractivity contribution in [1.29, 1.82) is 0 Å². The summed E-state index contributed by atoms with van der Waals surface area (Å²) in [5.41, 5.74) is 0. The predicted octanol–water partition coefficient (Wildman–Crippen LogP) is 0.580. The van der Waals surface area contributed by atoms with Gasteiger partial charge in [-0.1, -0.05) is 0 Å². The molecule has 2 nitrogen and oxygen atoms in total. The highest BCUT2D eigenvalue weighted by atomic mass is 32.2. The topological polar surface area (TPSA) is 20.3 Å². The molecule has 0 amide bonds. The second-order valence-electron chi connectivity index (χ2n) is 2.31. The maximum Gasteiger partial charge on any atom is 0.157 e. The van der Waals surface area contributed by atoms with Gasteiger partial charge in [0.25, 0.3) is 0 Å². The molecule has 9 heavy (non-hydrogen) atoms. The number of carbonyl (C=O) groups excluding carboxylic acids is 1. The van der Waals surface area contributed by atoms with Crippen molar-refractivity contribution in [2.24, 2.45) is 0 Å². The standard InChI is InChI=1S/C6H11NOS/c1-5(8)6-7(2)3-4-9-6/h6H,3-4H2,1-2H3. The van der Waals surface area contributed by atoms with Gasteiger partial charge in [-0.3, -0.25) is 9.69 Å². The Morgan fingerprint density at radius 3 is 2.67 bits per heavy atom. The first-order chi connectivity index (χ1) is 4.22. The number of Topliss-reactive ketones (excluding diaryl/α,β-unsaturated/α-hetero) is 1. The zero-order valence-electron chi connectivity index (χ0n) is 5.76. The van der Waals surface area contributed by atoms with Gasteiger partial charge in [-0.25, -0.2) is 0 Å². The Hall–Kier alpha value is -0.0200. The van der Waals surface area contributed by atoms with Gasteiger partial charge in [0.2, 0.25) is 0 Å². The molecule has 1 saturated heterocycles. The fourth-order valence-corrected chi connectivity index (χ4v) is 2.19. The zero-order valence-corrected chi connectivity index (χ0v) is 6.57. The van der Waals surface area contributed by atoms with Gasteiger partial charge in [0.1, 0.15) is 5.37 Å². The van der Waals surface area contributed by atoms with E-state index < -0.39 is 0 Å².